The molecule has 0 amide bonds. The molecule has 1 radical (unpaired) electrons. The third-order valence-corrected chi connectivity index (χ3v) is 2.59. The van der Waals surface area contributed by atoms with Crippen LogP contribution >= 0.6 is 0 Å². The van der Waals surface area contributed by atoms with Crippen molar-refractivity contribution in [2.24, 2.45) is 0 Å². The number of imidazole rings is 1. The second kappa shape index (κ2) is 11.2. The predicted molar refractivity (Wildman–Crippen MR) is 61.2 cm³/mol. The van der Waals surface area contributed by atoms with E-state index in [1.165, 1.54) is 12.8 Å². The molecule has 5 heteroatoms. The Kier molecular flexibility index (Phi) is 11.2. The predicted octanol–water partition coefficient (Wildman–Crippen LogP) is 2.40. The van der Waals surface area contributed by atoms with Gasteiger partial charge in [-0.15, -0.1) is 0 Å². The van der Waals surface area contributed by atoms with Crippen LogP contribution in [0.15, 0.2) is 12.5 Å². The molecule has 4 nitrogen and oxygen atoms in total. The molecule has 0 bridgehead atoms. The molecule has 0 saturated carbocycles. The maximum absolute atomic E-state index is 10.3. The normalized spacial score (nSPS) is 9.88. The number of rotatable bonds is 9. The Labute approximate surface area is 136 Å². The van der Waals surface area contributed by atoms with Crippen LogP contribution in [0.1, 0.15) is 50.6 Å². The topological polar surface area (TPSA) is 64.3 Å². The zero-order chi connectivity index (χ0) is 11.6. The molecule has 0 atom stereocenters. The first kappa shape index (κ1) is 17.0. The van der Waals surface area contributed by atoms with Crippen LogP contribution in [0.5, 0.6) is 0 Å². The fourth-order valence-corrected chi connectivity index (χ4v) is 1.68. The van der Waals surface area contributed by atoms with Gasteiger partial charge in [-0.2, -0.15) is 0 Å². The van der Waals surface area contributed by atoms with Gasteiger partial charge in [-0.3, -0.25) is 4.79 Å². The average Bonchev–Trinajstić information content (AvgIpc) is 2.74. The molecule has 0 aromatic carbocycles. The number of aliphatic carboxylic acids is 1. The number of aryl methyl sites for hydroxylation is 1. The number of hydrogen-bond acceptors (Lipinski definition) is 2. The number of nitrogens with zero attached hydrogens (tertiary/aromatic N) is 2. The Morgan fingerprint density at radius 1 is 1.18 bits per heavy atom. The number of hydrogen-bond donors (Lipinski definition) is 1. The van der Waals surface area contributed by atoms with Crippen LogP contribution in [0, 0.1) is 41.3 Å². The standard InChI is InChI=1S/C12H20N2O2.Pr/c15-12(16)8-6-4-2-1-3-5-7-11-9-13-10-14-11;/h9-10H,1-8H2,(H2,13,14,15,16);/p-1. The Hall–Kier alpha value is 0.0436. The Balaban J connectivity index is 0.00000256. The van der Waals surface area contributed by atoms with Crippen LogP contribution in [-0.2, 0) is 11.2 Å². The van der Waals surface area contributed by atoms with Gasteiger partial charge in [-0.1, -0.05) is 43.9 Å². The van der Waals surface area contributed by atoms with Gasteiger partial charge in [0.2, 0.25) is 0 Å². The van der Waals surface area contributed by atoms with Crippen molar-refractivity contribution in [3.63, 3.8) is 0 Å². The zero-order valence-corrected chi connectivity index (χ0v) is 13.8. The van der Waals surface area contributed by atoms with Crippen molar-refractivity contribution in [2.75, 3.05) is 0 Å². The maximum Gasteiger partial charge on any atom is 0.303 e. The van der Waals surface area contributed by atoms with E-state index in [1.54, 1.807) is 6.33 Å². The van der Waals surface area contributed by atoms with E-state index in [1.807, 2.05) is 6.20 Å². The van der Waals surface area contributed by atoms with Crippen molar-refractivity contribution in [3.05, 3.63) is 18.2 Å². The fraction of sp³-hybridized carbons (Fsp3) is 0.667. The molecule has 17 heavy (non-hydrogen) atoms. The van der Waals surface area contributed by atoms with Gasteiger partial charge in [0.05, 0.1) is 0 Å². The SMILES string of the molecule is O=C(O)CCCCCCCCc1c[n-]cn1.[Pr]. The minimum atomic E-state index is -0.685. The molecule has 0 unspecified atom stereocenters. The van der Waals surface area contributed by atoms with Gasteiger partial charge in [0, 0.05) is 47.7 Å². The molecule has 1 rings (SSSR count). The van der Waals surface area contributed by atoms with E-state index in [0.717, 1.165) is 37.8 Å². The molecular weight excluding hydrogens is 345 g/mol. The summed E-state index contributed by atoms with van der Waals surface area (Å²) in [5.41, 5.74) is 1.07. The van der Waals surface area contributed by atoms with Crippen LogP contribution in [0.2, 0.25) is 0 Å². The quantitative estimate of drug-likeness (QED) is 0.684. The van der Waals surface area contributed by atoms with Gasteiger partial charge in [-0.25, -0.2) is 0 Å². The number of carbonyl (C=O) groups is 1. The largest absolute Gasteiger partial charge is 0.481 e. The molecule has 0 spiro atoms. The first-order valence-electron chi connectivity index (χ1n) is 5.92. The molecule has 1 heterocycles. The molecular formula is C12H19N2O2Pr-. The summed E-state index contributed by atoms with van der Waals surface area (Å²) in [6.07, 6.45) is 11.2. The summed E-state index contributed by atoms with van der Waals surface area (Å²) in [5, 5.41) is 8.45. The molecule has 1 aromatic heterocycles. The maximum atomic E-state index is 10.3. The van der Waals surface area contributed by atoms with Gasteiger partial charge in [0.25, 0.3) is 0 Å². The molecule has 0 aliphatic heterocycles. The van der Waals surface area contributed by atoms with Crippen LogP contribution in [0.4, 0.5) is 0 Å². The minimum Gasteiger partial charge on any atom is -0.481 e. The van der Waals surface area contributed by atoms with E-state index in [9.17, 15) is 4.79 Å². The van der Waals surface area contributed by atoms with Crippen molar-refractivity contribution in [2.45, 2.75) is 51.4 Å². The van der Waals surface area contributed by atoms with Gasteiger partial charge >= 0.3 is 5.97 Å². The van der Waals surface area contributed by atoms with E-state index in [-0.39, 0.29) is 41.3 Å². The van der Waals surface area contributed by atoms with Gasteiger partial charge in [0.15, 0.2) is 0 Å². The van der Waals surface area contributed by atoms with E-state index in [4.69, 9.17) is 5.11 Å². The van der Waals surface area contributed by atoms with Crippen molar-refractivity contribution < 1.29 is 51.2 Å². The second-order valence-electron chi connectivity index (χ2n) is 4.03. The summed E-state index contributed by atoms with van der Waals surface area (Å²) < 4.78 is 0. The van der Waals surface area contributed by atoms with Crippen LogP contribution < -0.4 is 4.98 Å². The molecule has 1 aromatic rings. The van der Waals surface area contributed by atoms with Gasteiger partial charge < -0.3 is 15.1 Å². The summed E-state index contributed by atoms with van der Waals surface area (Å²) in [5.74, 6) is -0.685. The van der Waals surface area contributed by atoms with Crippen molar-refractivity contribution in [1.29, 1.82) is 0 Å². The van der Waals surface area contributed by atoms with Crippen LogP contribution in [-0.4, -0.2) is 16.1 Å². The summed E-state index contributed by atoms with van der Waals surface area (Å²) in [6, 6.07) is 0. The molecule has 93 valence electrons. The van der Waals surface area contributed by atoms with Crippen molar-refractivity contribution >= 4 is 5.97 Å². The third kappa shape index (κ3) is 9.72. The first-order chi connectivity index (χ1) is 7.79. The average molecular weight is 364 g/mol. The van der Waals surface area contributed by atoms with E-state index >= 15 is 0 Å². The molecule has 0 aliphatic carbocycles. The van der Waals surface area contributed by atoms with Gasteiger partial charge in [0.1, 0.15) is 0 Å². The number of carboxylic acids is 1. The number of carboxylic acid groups (broad SMARTS) is 1. The number of aromatic nitrogens is 2. The third-order valence-electron chi connectivity index (χ3n) is 2.59. The summed E-state index contributed by atoms with van der Waals surface area (Å²) in [4.78, 5) is 18.3. The number of unbranched alkanes of at least 4 members (excludes halogenated alkanes) is 5. The van der Waals surface area contributed by atoms with E-state index in [2.05, 4.69) is 9.97 Å². The Bertz CT molecular complexity index is 289. The molecule has 0 aliphatic rings. The second-order valence-corrected chi connectivity index (χ2v) is 4.03. The summed E-state index contributed by atoms with van der Waals surface area (Å²) >= 11 is 0. The summed E-state index contributed by atoms with van der Waals surface area (Å²) in [7, 11) is 0. The first-order valence-corrected chi connectivity index (χ1v) is 5.92. The minimum absolute atomic E-state index is 0. The molecule has 0 fully saturated rings. The van der Waals surface area contributed by atoms with Crippen LogP contribution in [0.3, 0.4) is 0 Å². The van der Waals surface area contributed by atoms with Crippen molar-refractivity contribution in [1.82, 2.24) is 9.97 Å². The monoisotopic (exact) mass is 364 g/mol. The Morgan fingerprint density at radius 3 is 2.41 bits per heavy atom. The molecule has 0 saturated heterocycles. The smallest absolute Gasteiger partial charge is 0.303 e. The van der Waals surface area contributed by atoms with Gasteiger partial charge in [-0.05, 0) is 19.3 Å². The van der Waals surface area contributed by atoms with E-state index < -0.39 is 5.97 Å². The Morgan fingerprint density at radius 2 is 1.82 bits per heavy atom. The van der Waals surface area contributed by atoms with Crippen LogP contribution in [0.25, 0.3) is 0 Å². The van der Waals surface area contributed by atoms with E-state index in [0.29, 0.717) is 6.42 Å². The zero-order valence-electron chi connectivity index (χ0n) is 10.1. The molecule has 1 N–H and O–H groups in total. The summed E-state index contributed by atoms with van der Waals surface area (Å²) in [6.45, 7) is 0. The fourth-order valence-electron chi connectivity index (χ4n) is 1.68. The van der Waals surface area contributed by atoms with Crippen molar-refractivity contribution in [3.8, 4) is 0 Å².